The number of carbonyl (C=O) groups excluding carboxylic acids is 1. The first kappa shape index (κ1) is 15.1. The van der Waals surface area contributed by atoms with Crippen LogP contribution in [0.5, 0.6) is 0 Å². The van der Waals surface area contributed by atoms with Crippen LogP contribution >= 0.6 is 23.2 Å². The van der Waals surface area contributed by atoms with Gasteiger partial charge in [-0.1, -0.05) is 29.3 Å². The summed E-state index contributed by atoms with van der Waals surface area (Å²) in [6, 6.07) is 6.49. The smallest absolute Gasteiger partial charge is 0.310 e. The monoisotopic (exact) mass is 327 g/mol. The number of benzene rings is 1. The van der Waals surface area contributed by atoms with Gasteiger partial charge in [-0.2, -0.15) is 0 Å². The quantitative estimate of drug-likeness (QED) is 0.775. The molecule has 0 radical (unpaired) electrons. The van der Waals surface area contributed by atoms with Crippen LogP contribution in [0.1, 0.15) is 30.7 Å². The van der Waals surface area contributed by atoms with Gasteiger partial charge in [-0.15, -0.1) is 0 Å². The molecule has 2 aliphatic heterocycles. The zero-order valence-corrected chi connectivity index (χ0v) is 13.7. The molecule has 4 atom stereocenters. The number of methoxy groups -OCH3 is 1. The highest BCUT2D eigenvalue weighted by molar-refractivity contribution is 6.42. The molecular formula is C16H19Cl2NO2. The van der Waals surface area contributed by atoms with Crippen LogP contribution in [0.4, 0.5) is 0 Å². The van der Waals surface area contributed by atoms with Gasteiger partial charge in [0.25, 0.3) is 0 Å². The maximum absolute atomic E-state index is 12.3. The zero-order valence-electron chi connectivity index (χ0n) is 12.2. The lowest BCUT2D eigenvalue weighted by Gasteiger charge is -2.41. The lowest BCUT2D eigenvalue weighted by atomic mass is 9.76. The Bertz CT molecular complexity index is 563. The zero-order chi connectivity index (χ0) is 15.1. The number of piperidine rings is 1. The van der Waals surface area contributed by atoms with E-state index in [4.69, 9.17) is 27.9 Å². The average Bonchev–Trinajstić information content (AvgIpc) is 2.72. The molecule has 2 bridgehead atoms. The average molecular weight is 328 g/mol. The number of nitrogens with zero attached hydrogens (tertiary/aromatic N) is 1. The first-order chi connectivity index (χ1) is 10.0. The molecule has 0 saturated carbocycles. The molecule has 0 unspecified atom stereocenters. The van der Waals surface area contributed by atoms with Crippen molar-refractivity contribution in [2.45, 2.75) is 37.3 Å². The van der Waals surface area contributed by atoms with Crippen molar-refractivity contribution in [1.82, 2.24) is 4.90 Å². The van der Waals surface area contributed by atoms with Crippen molar-refractivity contribution in [3.8, 4) is 0 Å². The van der Waals surface area contributed by atoms with Crippen molar-refractivity contribution in [3.63, 3.8) is 0 Å². The van der Waals surface area contributed by atoms with Crippen LogP contribution in [-0.4, -0.2) is 37.1 Å². The van der Waals surface area contributed by atoms with Gasteiger partial charge < -0.3 is 4.74 Å². The highest BCUT2D eigenvalue weighted by atomic mass is 35.5. The lowest BCUT2D eigenvalue weighted by molar-refractivity contribution is -0.150. The number of halogens is 2. The molecule has 5 heteroatoms. The SMILES string of the molecule is COC(=O)[C@H]1[C@H](c2ccc(Cl)c(Cl)c2)C[C@@H]2CC[C@@H]1N2C. The van der Waals surface area contributed by atoms with Crippen LogP contribution in [0.2, 0.25) is 10.0 Å². The van der Waals surface area contributed by atoms with Crippen LogP contribution in [0.25, 0.3) is 0 Å². The van der Waals surface area contributed by atoms with E-state index in [1.165, 1.54) is 7.11 Å². The van der Waals surface area contributed by atoms with Gasteiger partial charge in [-0.05, 0) is 44.0 Å². The number of fused-ring (bicyclic) bond motifs is 2. The minimum absolute atomic E-state index is 0.122. The fraction of sp³-hybridized carbons (Fsp3) is 0.562. The second-order valence-corrected chi connectivity index (χ2v) is 6.84. The molecule has 1 aromatic rings. The van der Waals surface area contributed by atoms with E-state index in [-0.39, 0.29) is 23.8 Å². The summed E-state index contributed by atoms with van der Waals surface area (Å²) < 4.78 is 5.07. The van der Waals surface area contributed by atoms with Gasteiger partial charge in [0, 0.05) is 18.0 Å². The second kappa shape index (κ2) is 5.79. The van der Waals surface area contributed by atoms with Gasteiger partial charge in [0.1, 0.15) is 0 Å². The Kier molecular flexibility index (Phi) is 4.17. The molecule has 0 aliphatic carbocycles. The normalized spacial score (nSPS) is 32.2. The summed E-state index contributed by atoms with van der Waals surface area (Å²) in [6.07, 6.45) is 3.16. The van der Waals surface area contributed by atoms with E-state index in [1.807, 2.05) is 18.2 Å². The second-order valence-electron chi connectivity index (χ2n) is 6.03. The van der Waals surface area contributed by atoms with Gasteiger partial charge in [-0.25, -0.2) is 0 Å². The summed E-state index contributed by atoms with van der Waals surface area (Å²) >= 11 is 12.2. The number of esters is 1. The van der Waals surface area contributed by atoms with E-state index in [0.29, 0.717) is 16.1 Å². The third kappa shape index (κ3) is 2.56. The van der Waals surface area contributed by atoms with Crippen LogP contribution in [0.15, 0.2) is 18.2 Å². The minimum Gasteiger partial charge on any atom is -0.469 e. The number of hydrogen-bond donors (Lipinski definition) is 0. The van der Waals surface area contributed by atoms with Gasteiger partial charge in [0.05, 0.1) is 23.1 Å². The molecule has 2 saturated heterocycles. The van der Waals surface area contributed by atoms with Crippen molar-refractivity contribution in [3.05, 3.63) is 33.8 Å². The summed E-state index contributed by atoms with van der Waals surface area (Å²) in [5.74, 6) is -0.0971. The van der Waals surface area contributed by atoms with Gasteiger partial charge in [-0.3, -0.25) is 9.69 Å². The Morgan fingerprint density at radius 3 is 2.71 bits per heavy atom. The first-order valence-electron chi connectivity index (χ1n) is 7.27. The van der Waals surface area contributed by atoms with Crippen molar-refractivity contribution < 1.29 is 9.53 Å². The number of ether oxygens (including phenoxy) is 1. The molecule has 21 heavy (non-hydrogen) atoms. The molecular weight excluding hydrogens is 309 g/mol. The van der Waals surface area contributed by atoms with E-state index in [9.17, 15) is 4.79 Å². The molecule has 2 aliphatic rings. The summed E-state index contributed by atoms with van der Waals surface area (Å²) in [6.45, 7) is 0. The molecule has 2 fully saturated rings. The lowest BCUT2D eigenvalue weighted by Crippen LogP contribution is -2.49. The molecule has 1 aromatic carbocycles. The maximum Gasteiger partial charge on any atom is 0.310 e. The van der Waals surface area contributed by atoms with Crippen molar-refractivity contribution >= 4 is 29.2 Å². The van der Waals surface area contributed by atoms with Crippen molar-refractivity contribution in [1.29, 1.82) is 0 Å². The predicted molar refractivity (Wildman–Crippen MR) is 83.9 cm³/mol. The highest BCUT2D eigenvalue weighted by Gasteiger charge is 2.49. The first-order valence-corrected chi connectivity index (χ1v) is 8.03. The van der Waals surface area contributed by atoms with Gasteiger partial charge in [0.15, 0.2) is 0 Å². The predicted octanol–water partition coefficient (Wildman–Crippen LogP) is 3.73. The molecule has 114 valence electrons. The summed E-state index contributed by atoms with van der Waals surface area (Å²) in [5, 5.41) is 1.09. The minimum atomic E-state index is -0.129. The Morgan fingerprint density at radius 2 is 2.05 bits per heavy atom. The Morgan fingerprint density at radius 1 is 1.29 bits per heavy atom. The topological polar surface area (TPSA) is 29.5 Å². The van der Waals surface area contributed by atoms with Crippen LogP contribution in [0, 0.1) is 5.92 Å². The summed E-state index contributed by atoms with van der Waals surface area (Å²) in [4.78, 5) is 14.7. The largest absolute Gasteiger partial charge is 0.469 e. The fourth-order valence-electron chi connectivity index (χ4n) is 4.01. The fourth-order valence-corrected chi connectivity index (χ4v) is 4.32. The number of rotatable bonds is 2. The van der Waals surface area contributed by atoms with Crippen LogP contribution < -0.4 is 0 Å². The Balaban J connectivity index is 1.98. The number of carbonyl (C=O) groups is 1. The van der Waals surface area contributed by atoms with Crippen LogP contribution in [-0.2, 0) is 9.53 Å². The third-order valence-corrected chi connectivity index (χ3v) is 5.85. The number of hydrogen-bond acceptors (Lipinski definition) is 3. The van der Waals surface area contributed by atoms with Crippen LogP contribution in [0.3, 0.4) is 0 Å². The molecule has 0 amide bonds. The van der Waals surface area contributed by atoms with E-state index < -0.39 is 0 Å². The maximum atomic E-state index is 12.3. The van der Waals surface area contributed by atoms with E-state index in [1.54, 1.807) is 0 Å². The molecule has 0 N–H and O–H groups in total. The van der Waals surface area contributed by atoms with Gasteiger partial charge in [0.2, 0.25) is 0 Å². The molecule has 0 aromatic heterocycles. The standard InChI is InChI=1S/C16H19Cl2NO2/c1-19-10-4-6-14(19)15(16(20)21-2)11(8-10)9-3-5-12(17)13(18)7-9/h3,5,7,10-11,14-15H,4,6,8H2,1-2H3/t10-,11-,14-,15-/m0/s1. The van der Waals surface area contributed by atoms with Gasteiger partial charge >= 0.3 is 5.97 Å². The Hall–Kier alpha value is -0.770. The van der Waals surface area contributed by atoms with Crippen molar-refractivity contribution in [2.75, 3.05) is 14.2 Å². The molecule has 0 spiro atoms. The van der Waals surface area contributed by atoms with Crippen molar-refractivity contribution in [2.24, 2.45) is 5.92 Å². The molecule has 2 heterocycles. The molecule has 3 nitrogen and oxygen atoms in total. The molecule has 3 rings (SSSR count). The summed E-state index contributed by atoms with van der Waals surface area (Å²) in [7, 11) is 3.58. The highest BCUT2D eigenvalue weighted by Crippen LogP contribution is 2.47. The summed E-state index contributed by atoms with van der Waals surface area (Å²) in [5.41, 5.74) is 1.09. The van der Waals surface area contributed by atoms with E-state index in [2.05, 4.69) is 11.9 Å². The van der Waals surface area contributed by atoms with E-state index >= 15 is 0 Å². The Labute approximate surface area is 135 Å². The third-order valence-electron chi connectivity index (χ3n) is 5.11. The van der Waals surface area contributed by atoms with E-state index in [0.717, 1.165) is 24.8 Å².